The van der Waals surface area contributed by atoms with E-state index in [1.165, 1.54) is 17.5 Å². The number of benzene rings is 1. The fraction of sp³-hybridized carbons (Fsp3) is 0.0526. The lowest BCUT2D eigenvalue weighted by molar-refractivity contribution is -0.141. The first-order chi connectivity index (χ1) is 14.7. The fourth-order valence-corrected chi connectivity index (χ4v) is 3.98. The van der Waals surface area contributed by atoms with Crippen LogP contribution in [0.5, 0.6) is 0 Å². The SMILES string of the molecule is O=C(Nc1ccccc1-c1cnc(-n2ccc(C(F)(F)F)n2)c(F)c1)c1ncsc1I. The zero-order valence-electron chi connectivity index (χ0n) is 15.2. The number of alkyl halides is 3. The quantitative estimate of drug-likeness (QED) is 0.269. The average Bonchev–Trinajstić information content (AvgIpc) is 3.37. The van der Waals surface area contributed by atoms with Gasteiger partial charge in [0.05, 0.1) is 8.39 Å². The van der Waals surface area contributed by atoms with Crippen LogP contribution in [0.15, 0.2) is 54.3 Å². The van der Waals surface area contributed by atoms with E-state index >= 15 is 0 Å². The second kappa shape index (κ2) is 8.34. The zero-order chi connectivity index (χ0) is 22.2. The maximum atomic E-state index is 14.7. The van der Waals surface area contributed by atoms with Gasteiger partial charge in [-0.15, -0.1) is 11.3 Å². The number of carbonyl (C=O) groups excluding carboxylic acids is 1. The molecule has 31 heavy (non-hydrogen) atoms. The van der Waals surface area contributed by atoms with Crippen molar-refractivity contribution < 1.29 is 22.4 Å². The van der Waals surface area contributed by atoms with Gasteiger partial charge in [-0.05, 0) is 40.8 Å². The minimum Gasteiger partial charge on any atom is -0.320 e. The van der Waals surface area contributed by atoms with Crippen molar-refractivity contribution in [3.8, 4) is 16.9 Å². The van der Waals surface area contributed by atoms with Crippen LogP contribution in [0.25, 0.3) is 16.9 Å². The van der Waals surface area contributed by atoms with Crippen LogP contribution in [0, 0.1) is 8.70 Å². The molecule has 6 nitrogen and oxygen atoms in total. The van der Waals surface area contributed by atoms with E-state index in [0.29, 0.717) is 16.8 Å². The predicted molar refractivity (Wildman–Crippen MR) is 115 cm³/mol. The molecule has 1 aromatic carbocycles. The van der Waals surface area contributed by atoms with E-state index in [1.807, 2.05) is 22.6 Å². The highest BCUT2D eigenvalue weighted by Crippen LogP contribution is 2.31. The van der Waals surface area contributed by atoms with Crippen LogP contribution < -0.4 is 5.32 Å². The Hall–Kier alpha value is -2.87. The van der Waals surface area contributed by atoms with E-state index in [2.05, 4.69) is 20.4 Å². The molecule has 3 heterocycles. The van der Waals surface area contributed by atoms with Crippen molar-refractivity contribution in [3.63, 3.8) is 0 Å². The summed E-state index contributed by atoms with van der Waals surface area (Å²) < 4.78 is 54.4. The molecule has 0 unspecified atom stereocenters. The average molecular weight is 559 g/mol. The lowest BCUT2D eigenvalue weighted by atomic mass is 10.1. The Balaban J connectivity index is 1.65. The van der Waals surface area contributed by atoms with Gasteiger partial charge in [0.1, 0.15) is 0 Å². The number of hydrogen-bond acceptors (Lipinski definition) is 5. The Labute approximate surface area is 190 Å². The van der Waals surface area contributed by atoms with E-state index in [0.717, 1.165) is 25.9 Å². The van der Waals surface area contributed by atoms with Crippen molar-refractivity contribution in [2.45, 2.75) is 6.18 Å². The summed E-state index contributed by atoms with van der Waals surface area (Å²) in [6.45, 7) is 0. The van der Waals surface area contributed by atoms with Gasteiger partial charge in [-0.3, -0.25) is 4.79 Å². The second-order valence-corrected chi connectivity index (χ2v) is 8.81. The topological polar surface area (TPSA) is 72.7 Å². The number of pyridine rings is 1. The number of aromatic nitrogens is 4. The summed E-state index contributed by atoms with van der Waals surface area (Å²) in [5, 5.41) is 6.08. The molecule has 0 bridgehead atoms. The highest BCUT2D eigenvalue weighted by Gasteiger charge is 2.34. The van der Waals surface area contributed by atoms with Crippen molar-refractivity contribution in [2.24, 2.45) is 0 Å². The van der Waals surface area contributed by atoms with E-state index < -0.39 is 23.6 Å². The molecule has 0 saturated heterocycles. The van der Waals surface area contributed by atoms with E-state index in [9.17, 15) is 22.4 Å². The number of anilines is 1. The number of thiazole rings is 1. The number of rotatable bonds is 4. The molecule has 0 aliphatic carbocycles. The molecule has 0 spiro atoms. The molecule has 4 aromatic rings. The number of halogens is 5. The summed E-state index contributed by atoms with van der Waals surface area (Å²) >= 11 is 3.34. The molecule has 0 aliphatic heterocycles. The standard InChI is InChI=1S/C19H10F4IN5OS/c20-12-7-10(8-25-17(12)29-6-5-14(28-29)19(21,22)23)11-3-1-2-4-13(11)27-18(30)15-16(24)31-9-26-15/h1-9H,(H,27,30). The lowest BCUT2D eigenvalue weighted by Gasteiger charge is -2.12. The molecule has 4 rings (SSSR count). The van der Waals surface area contributed by atoms with Crippen LogP contribution in [0.1, 0.15) is 16.2 Å². The van der Waals surface area contributed by atoms with Gasteiger partial charge in [0.2, 0.25) is 0 Å². The summed E-state index contributed by atoms with van der Waals surface area (Å²) in [5.41, 5.74) is 1.90. The van der Waals surface area contributed by atoms with Crippen LogP contribution in [0.2, 0.25) is 0 Å². The third kappa shape index (κ3) is 4.44. The summed E-state index contributed by atoms with van der Waals surface area (Å²) in [4.78, 5) is 20.5. The van der Waals surface area contributed by atoms with Gasteiger partial charge in [0, 0.05) is 29.2 Å². The van der Waals surface area contributed by atoms with Gasteiger partial charge in [0.25, 0.3) is 5.91 Å². The molecule has 158 valence electrons. The van der Waals surface area contributed by atoms with Crippen LogP contribution in [0.3, 0.4) is 0 Å². The molecule has 0 saturated carbocycles. The smallest absolute Gasteiger partial charge is 0.320 e. The predicted octanol–water partition coefficient (Wildman–Crippen LogP) is 5.41. The fourth-order valence-electron chi connectivity index (χ4n) is 2.74. The highest BCUT2D eigenvalue weighted by molar-refractivity contribution is 14.1. The third-order valence-corrected chi connectivity index (χ3v) is 6.03. The minimum atomic E-state index is -4.64. The first kappa shape index (κ1) is 21.4. The summed E-state index contributed by atoms with van der Waals surface area (Å²) in [5.74, 6) is -1.67. The van der Waals surface area contributed by atoms with Gasteiger partial charge in [-0.25, -0.2) is 19.0 Å². The Morgan fingerprint density at radius 2 is 1.94 bits per heavy atom. The van der Waals surface area contributed by atoms with Crippen LogP contribution in [-0.4, -0.2) is 25.7 Å². The van der Waals surface area contributed by atoms with Crippen LogP contribution >= 0.6 is 33.9 Å². The molecule has 0 aliphatic rings. The third-order valence-electron chi connectivity index (χ3n) is 4.14. The summed E-state index contributed by atoms with van der Waals surface area (Å²) in [6.07, 6.45) is -2.36. The number of hydrogen-bond donors (Lipinski definition) is 1. The molecule has 12 heteroatoms. The molecule has 0 radical (unpaired) electrons. The second-order valence-electron chi connectivity index (χ2n) is 6.15. The first-order valence-corrected chi connectivity index (χ1v) is 10.5. The summed E-state index contributed by atoms with van der Waals surface area (Å²) in [7, 11) is 0. The van der Waals surface area contributed by atoms with Crippen LogP contribution in [0.4, 0.5) is 23.2 Å². The normalized spacial score (nSPS) is 11.5. The Bertz CT molecular complexity index is 1270. The van der Waals surface area contributed by atoms with Crippen molar-refractivity contribution in [1.29, 1.82) is 0 Å². The number of nitrogens with zero attached hydrogens (tertiary/aromatic N) is 4. The minimum absolute atomic E-state index is 0.277. The molecule has 1 N–H and O–H groups in total. The Kier molecular flexibility index (Phi) is 5.75. The lowest BCUT2D eigenvalue weighted by Crippen LogP contribution is -2.14. The van der Waals surface area contributed by atoms with Crippen LogP contribution in [-0.2, 0) is 6.18 Å². The highest BCUT2D eigenvalue weighted by atomic mass is 127. The van der Waals surface area contributed by atoms with E-state index in [1.54, 1.807) is 29.8 Å². The Morgan fingerprint density at radius 1 is 1.16 bits per heavy atom. The van der Waals surface area contributed by atoms with Crippen molar-refractivity contribution in [1.82, 2.24) is 19.7 Å². The van der Waals surface area contributed by atoms with Crippen molar-refractivity contribution in [3.05, 3.63) is 74.4 Å². The van der Waals surface area contributed by atoms with Gasteiger partial charge < -0.3 is 5.32 Å². The molecule has 3 aromatic heterocycles. The van der Waals surface area contributed by atoms with Crippen molar-refractivity contribution >= 4 is 45.5 Å². The monoisotopic (exact) mass is 559 g/mol. The van der Waals surface area contributed by atoms with Gasteiger partial charge in [-0.1, -0.05) is 18.2 Å². The molecule has 0 fully saturated rings. The molecule has 1 amide bonds. The maximum absolute atomic E-state index is 14.7. The maximum Gasteiger partial charge on any atom is 0.435 e. The van der Waals surface area contributed by atoms with Gasteiger partial charge >= 0.3 is 6.18 Å². The molecule has 0 atom stereocenters. The number of amides is 1. The number of nitrogens with one attached hydrogen (secondary N) is 1. The van der Waals surface area contributed by atoms with E-state index in [4.69, 9.17) is 0 Å². The largest absolute Gasteiger partial charge is 0.435 e. The summed E-state index contributed by atoms with van der Waals surface area (Å²) in [6, 6.07) is 8.56. The van der Waals surface area contributed by atoms with Gasteiger partial charge in [0.15, 0.2) is 23.0 Å². The zero-order valence-corrected chi connectivity index (χ0v) is 18.2. The van der Waals surface area contributed by atoms with E-state index in [-0.39, 0.29) is 11.5 Å². The molecular weight excluding hydrogens is 549 g/mol. The Morgan fingerprint density at radius 3 is 2.58 bits per heavy atom. The number of carbonyl (C=O) groups is 1. The first-order valence-electron chi connectivity index (χ1n) is 8.52. The van der Waals surface area contributed by atoms with Crippen molar-refractivity contribution in [2.75, 3.05) is 5.32 Å². The number of para-hydroxylation sites is 1. The van der Waals surface area contributed by atoms with Gasteiger partial charge in [-0.2, -0.15) is 18.3 Å². The molecular formula is C19H10F4IN5OS.